The van der Waals surface area contributed by atoms with E-state index in [0.717, 1.165) is 24.2 Å². The van der Waals surface area contributed by atoms with E-state index in [9.17, 15) is 5.21 Å². The Balaban J connectivity index is 2.00. The van der Waals surface area contributed by atoms with Gasteiger partial charge in [-0.2, -0.15) is 0 Å². The lowest BCUT2D eigenvalue weighted by atomic mass is 9.97. The zero-order chi connectivity index (χ0) is 14.2. The van der Waals surface area contributed by atoms with Crippen LogP contribution in [0.5, 0.6) is 5.75 Å². The summed E-state index contributed by atoms with van der Waals surface area (Å²) in [4.78, 5) is 0. The molecule has 0 radical (unpaired) electrons. The summed E-state index contributed by atoms with van der Waals surface area (Å²) in [5.74, 6) is 0.855. The van der Waals surface area contributed by atoms with Crippen LogP contribution in [0.1, 0.15) is 57.4 Å². The van der Waals surface area contributed by atoms with E-state index in [1.54, 1.807) is 6.21 Å². The number of nitrogens with zero attached hydrogens (tertiary/aromatic N) is 1. The first kappa shape index (κ1) is 14.9. The average Bonchev–Trinajstić information content (AvgIpc) is 2.41. The summed E-state index contributed by atoms with van der Waals surface area (Å²) in [7, 11) is 0. The standard InChI is InChI=1S/C17H25NO2/c1-2-20-17-12-10-15(11-13-17)14-18(19)16-8-6-4-3-5-7-9-16/h10-14,16H,2-9H2,1H3. The summed E-state index contributed by atoms with van der Waals surface area (Å²) in [5.41, 5.74) is 0.950. The van der Waals surface area contributed by atoms with Crippen molar-refractivity contribution in [3.05, 3.63) is 35.0 Å². The molecule has 1 saturated carbocycles. The summed E-state index contributed by atoms with van der Waals surface area (Å²) in [5, 5.41) is 12.3. The Hall–Kier alpha value is -1.51. The first-order chi connectivity index (χ1) is 9.79. The Morgan fingerprint density at radius 1 is 1.10 bits per heavy atom. The van der Waals surface area contributed by atoms with Gasteiger partial charge in [0.2, 0.25) is 0 Å². The molecule has 20 heavy (non-hydrogen) atoms. The molecule has 0 bridgehead atoms. The number of hydrogen-bond acceptors (Lipinski definition) is 2. The maximum atomic E-state index is 12.3. The van der Waals surface area contributed by atoms with Gasteiger partial charge in [0.05, 0.1) is 6.61 Å². The van der Waals surface area contributed by atoms with Crippen LogP contribution < -0.4 is 4.74 Å². The van der Waals surface area contributed by atoms with Gasteiger partial charge in [-0.25, -0.2) is 4.74 Å². The second kappa shape index (κ2) is 7.93. The fourth-order valence-electron chi connectivity index (χ4n) is 2.76. The van der Waals surface area contributed by atoms with E-state index < -0.39 is 0 Å². The minimum absolute atomic E-state index is 0.155. The zero-order valence-corrected chi connectivity index (χ0v) is 12.4. The maximum absolute atomic E-state index is 12.3. The van der Waals surface area contributed by atoms with Crippen LogP contribution in [-0.2, 0) is 0 Å². The van der Waals surface area contributed by atoms with Crippen LogP contribution in [0.2, 0.25) is 0 Å². The van der Waals surface area contributed by atoms with Gasteiger partial charge >= 0.3 is 0 Å². The predicted molar refractivity (Wildman–Crippen MR) is 82.5 cm³/mol. The Morgan fingerprint density at radius 2 is 1.70 bits per heavy atom. The van der Waals surface area contributed by atoms with Gasteiger partial charge in [0.15, 0.2) is 12.3 Å². The summed E-state index contributed by atoms with van der Waals surface area (Å²) in [6.45, 7) is 2.63. The van der Waals surface area contributed by atoms with Crippen molar-refractivity contribution in [3.63, 3.8) is 0 Å². The lowest BCUT2D eigenvalue weighted by Gasteiger charge is -2.19. The van der Waals surface area contributed by atoms with Crippen molar-refractivity contribution in [1.29, 1.82) is 0 Å². The third-order valence-corrected chi connectivity index (χ3v) is 3.90. The molecule has 0 heterocycles. The molecule has 3 nitrogen and oxygen atoms in total. The maximum Gasteiger partial charge on any atom is 0.182 e. The molecular formula is C17H25NO2. The minimum Gasteiger partial charge on any atom is -0.624 e. The van der Waals surface area contributed by atoms with Crippen LogP contribution in [0.4, 0.5) is 0 Å². The van der Waals surface area contributed by atoms with Crippen molar-refractivity contribution in [2.75, 3.05) is 6.61 Å². The summed E-state index contributed by atoms with van der Waals surface area (Å²) in [6, 6.07) is 7.88. The monoisotopic (exact) mass is 275 g/mol. The highest BCUT2D eigenvalue weighted by molar-refractivity contribution is 5.75. The number of rotatable bonds is 4. The molecule has 3 heteroatoms. The highest BCUT2D eigenvalue weighted by atomic mass is 16.5. The van der Waals surface area contributed by atoms with Crippen LogP contribution in [0.25, 0.3) is 0 Å². The van der Waals surface area contributed by atoms with Gasteiger partial charge in [0.1, 0.15) is 5.75 Å². The number of ether oxygens (including phenoxy) is 1. The Bertz CT molecular complexity index is 417. The van der Waals surface area contributed by atoms with E-state index in [1.165, 1.54) is 36.8 Å². The lowest BCUT2D eigenvalue weighted by molar-refractivity contribution is -0.499. The SMILES string of the molecule is CCOc1ccc(C=[N+]([O-])C2CCCCCCC2)cc1. The first-order valence-electron chi connectivity index (χ1n) is 7.83. The average molecular weight is 275 g/mol. The van der Waals surface area contributed by atoms with Crippen molar-refractivity contribution in [2.45, 2.75) is 57.9 Å². The molecule has 1 aliphatic rings. The van der Waals surface area contributed by atoms with Gasteiger partial charge < -0.3 is 9.94 Å². The molecule has 0 saturated heterocycles. The molecule has 1 aliphatic carbocycles. The minimum atomic E-state index is 0.155. The quantitative estimate of drug-likeness (QED) is 0.358. The van der Waals surface area contributed by atoms with E-state index in [2.05, 4.69) is 0 Å². The van der Waals surface area contributed by atoms with Crippen LogP contribution >= 0.6 is 0 Å². The third kappa shape index (κ3) is 4.55. The molecule has 0 aromatic heterocycles. The lowest BCUT2D eigenvalue weighted by Crippen LogP contribution is -2.23. The molecule has 110 valence electrons. The van der Waals surface area contributed by atoms with Gasteiger partial charge in [-0.05, 0) is 44.0 Å². The number of hydroxylamine groups is 1. The number of benzene rings is 1. The Labute approximate surface area is 121 Å². The summed E-state index contributed by atoms with van der Waals surface area (Å²) >= 11 is 0. The molecule has 0 unspecified atom stereocenters. The molecule has 0 N–H and O–H groups in total. The fourth-order valence-corrected chi connectivity index (χ4v) is 2.76. The largest absolute Gasteiger partial charge is 0.624 e. The smallest absolute Gasteiger partial charge is 0.182 e. The van der Waals surface area contributed by atoms with Gasteiger partial charge in [0.25, 0.3) is 0 Å². The Morgan fingerprint density at radius 3 is 2.30 bits per heavy atom. The molecule has 1 aromatic carbocycles. The molecule has 1 fully saturated rings. The third-order valence-electron chi connectivity index (χ3n) is 3.90. The Kier molecular flexibility index (Phi) is 5.90. The van der Waals surface area contributed by atoms with Crippen LogP contribution in [0.15, 0.2) is 24.3 Å². The van der Waals surface area contributed by atoms with Crippen molar-refractivity contribution in [2.24, 2.45) is 0 Å². The van der Waals surface area contributed by atoms with E-state index in [1.807, 2.05) is 31.2 Å². The van der Waals surface area contributed by atoms with Crippen molar-refractivity contribution in [1.82, 2.24) is 0 Å². The molecule has 0 amide bonds. The topological polar surface area (TPSA) is 35.3 Å². The first-order valence-corrected chi connectivity index (χ1v) is 7.83. The number of hydrogen-bond donors (Lipinski definition) is 0. The summed E-state index contributed by atoms with van der Waals surface area (Å²) in [6.07, 6.45) is 10.0. The van der Waals surface area contributed by atoms with E-state index in [0.29, 0.717) is 6.61 Å². The normalized spacial score (nSPS) is 18.4. The molecule has 2 rings (SSSR count). The van der Waals surface area contributed by atoms with Crippen LogP contribution in [0.3, 0.4) is 0 Å². The van der Waals surface area contributed by atoms with Crippen LogP contribution in [-0.4, -0.2) is 23.6 Å². The van der Waals surface area contributed by atoms with Gasteiger partial charge in [-0.3, -0.25) is 0 Å². The predicted octanol–water partition coefficient (Wildman–Crippen LogP) is 4.13. The second-order valence-corrected chi connectivity index (χ2v) is 5.49. The van der Waals surface area contributed by atoms with Crippen molar-refractivity contribution in [3.8, 4) is 5.75 Å². The molecule has 0 aliphatic heterocycles. The zero-order valence-electron chi connectivity index (χ0n) is 12.4. The summed E-state index contributed by atoms with van der Waals surface area (Å²) < 4.78 is 6.57. The van der Waals surface area contributed by atoms with E-state index in [-0.39, 0.29) is 6.04 Å². The fraction of sp³-hybridized carbons (Fsp3) is 0.588. The highest BCUT2D eigenvalue weighted by Gasteiger charge is 2.17. The molecule has 0 atom stereocenters. The molecule has 1 aromatic rings. The van der Waals surface area contributed by atoms with Crippen LogP contribution in [0, 0.1) is 5.21 Å². The molecular weight excluding hydrogens is 250 g/mol. The van der Waals surface area contributed by atoms with Gasteiger partial charge in [-0.1, -0.05) is 19.3 Å². The highest BCUT2D eigenvalue weighted by Crippen LogP contribution is 2.19. The van der Waals surface area contributed by atoms with E-state index >= 15 is 0 Å². The van der Waals surface area contributed by atoms with E-state index in [4.69, 9.17) is 4.74 Å². The van der Waals surface area contributed by atoms with Gasteiger partial charge in [0, 0.05) is 18.4 Å². The van der Waals surface area contributed by atoms with Gasteiger partial charge in [-0.15, -0.1) is 0 Å². The van der Waals surface area contributed by atoms with Crippen molar-refractivity contribution < 1.29 is 9.48 Å². The van der Waals surface area contributed by atoms with Crippen molar-refractivity contribution >= 4 is 6.21 Å². The second-order valence-electron chi connectivity index (χ2n) is 5.49. The molecule has 0 spiro atoms.